The van der Waals surface area contributed by atoms with Gasteiger partial charge in [0.1, 0.15) is 5.75 Å². The molecule has 0 atom stereocenters. The van der Waals surface area contributed by atoms with Crippen molar-refractivity contribution in [3.05, 3.63) is 41.1 Å². The van der Waals surface area contributed by atoms with Gasteiger partial charge in [0, 0.05) is 0 Å². The zero-order valence-electron chi connectivity index (χ0n) is 11.7. The first kappa shape index (κ1) is 15.1. The number of aliphatic carboxylic acids is 1. The summed E-state index contributed by atoms with van der Waals surface area (Å²) in [4.78, 5) is 11.2. The van der Waals surface area contributed by atoms with Crippen LogP contribution in [0.2, 0.25) is 0 Å². The molecule has 1 rings (SSSR count). The van der Waals surface area contributed by atoms with Crippen molar-refractivity contribution in [1.29, 1.82) is 0 Å². The molecule has 1 aromatic carbocycles. The van der Waals surface area contributed by atoms with Crippen molar-refractivity contribution in [1.82, 2.24) is 0 Å². The Morgan fingerprint density at radius 3 is 2.74 bits per heavy atom. The van der Waals surface area contributed by atoms with E-state index >= 15 is 0 Å². The Morgan fingerprint density at radius 2 is 2.16 bits per heavy atom. The Balaban J connectivity index is 3.14. The molecule has 1 N–H and O–H groups in total. The molecule has 3 heteroatoms. The van der Waals surface area contributed by atoms with E-state index in [9.17, 15) is 4.79 Å². The van der Waals surface area contributed by atoms with Crippen LogP contribution in [0.25, 0.3) is 5.57 Å². The lowest BCUT2D eigenvalue weighted by atomic mass is 10.0. The van der Waals surface area contributed by atoms with Gasteiger partial charge in [-0.15, -0.1) is 5.73 Å². The number of carbonyl (C=O) groups is 1. The molecular formula is C16H20O3. The molecule has 0 unspecified atom stereocenters. The maximum Gasteiger partial charge on any atom is 0.339 e. The van der Waals surface area contributed by atoms with E-state index in [1.54, 1.807) is 7.11 Å². The number of hydrogen-bond donors (Lipinski definition) is 1. The summed E-state index contributed by atoms with van der Waals surface area (Å²) in [5, 5.41) is 9.16. The summed E-state index contributed by atoms with van der Waals surface area (Å²) in [5.74, 6) is -0.139. The number of ether oxygens (including phenoxy) is 1. The molecule has 0 amide bonds. The second-order valence-electron chi connectivity index (χ2n) is 4.37. The predicted octanol–water partition coefficient (Wildman–Crippen LogP) is 3.90. The van der Waals surface area contributed by atoms with Gasteiger partial charge >= 0.3 is 5.97 Å². The number of rotatable bonds is 6. The van der Waals surface area contributed by atoms with Crippen molar-refractivity contribution in [3.8, 4) is 5.75 Å². The van der Waals surface area contributed by atoms with E-state index < -0.39 is 5.97 Å². The number of carboxylic acids is 1. The fourth-order valence-corrected chi connectivity index (χ4v) is 1.73. The van der Waals surface area contributed by atoms with Crippen LogP contribution in [-0.2, 0) is 4.79 Å². The average Bonchev–Trinajstić information content (AvgIpc) is 2.42. The largest absolute Gasteiger partial charge is 0.497 e. The van der Waals surface area contributed by atoms with Crippen molar-refractivity contribution in [3.63, 3.8) is 0 Å². The fourth-order valence-electron chi connectivity index (χ4n) is 1.73. The van der Waals surface area contributed by atoms with E-state index in [4.69, 9.17) is 9.84 Å². The number of hydrogen-bond acceptors (Lipinski definition) is 2. The number of unbranched alkanes of at least 4 members (excludes halogenated alkanes) is 1. The van der Waals surface area contributed by atoms with Crippen LogP contribution in [0.3, 0.4) is 0 Å². The van der Waals surface area contributed by atoms with E-state index in [1.165, 1.54) is 0 Å². The topological polar surface area (TPSA) is 46.5 Å². The van der Waals surface area contributed by atoms with E-state index in [0.717, 1.165) is 29.7 Å². The quantitative estimate of drug-likeness (QED) is 0.623. The molecule has 3 nitrogen and oxygen atoms in total. The third-order valence-corrected chi connectivity index (χ3v) is 2.88. The van der Waals surface area contributed by atoms with Gasteiger partial charge in [0.2, 0.25) is 0 Å². The Kier molecular flexibility index (Phi) is 5.91. The molecule has 1 aromatic rings. The third kappa shape index (κ3) is 4.65. The molecule has 102 valence electrons. The Morgan fingerprint density at radius 1 is 1.42 bits per heavy atom. The molecular weight excluding hydrogens is 240 g/mol. The summed E-state index contributed by atoms with van der Waals surface area (Å²) in [6, 6.07) is 7.54. The second kappa shape index (κ2) is 7.45. The molecule has 0 aliphatic rings. The van der Waals surface area contributed by atoms with E-state index in [1.807, 2.05) is 38.1 Å². The minimum atomic E-state index is -0.893. The maximum atomic E-state index is 11.2. The lowest BCUT2D eigenvalue weighted by Crippen LogP contribution is -1.99. The van der Waals surface area contributed by atoms with Crippen molar-refractivity contribution >= 4 is 11.5 Å². The first-order valence-corrected chi connectivity index (χ1v) is 6.42. The molecule has 19 heavy (non-hydrogen) atoms. The SMILES string of the molecule is CCCCC(=C=C(C)c1cccc(OC)c1)C(=O)O. The standard InChI is InChI=1S/C16H20O3/c1-4-5-7-14(16(17)18)10-12(2)13-8-6-9-15(11-13)19-3/h6,8-9,11H,4-5,7H2,1-3H3,(H,17,18). The van der Waals surface area contributed by atoms with Gasteiger partial charge in [-0.2, -0.15) is 0 Å². The Bertz CT molecular complexity index is 508. The van der Waals surface area contributed by atoms with Crippen molar-refractivity contribution in [2.24, 2.45) is 0 Å². The van der Waals surface area contributed by atoms with Gasteiger partial charge in [-0.1, -0.05) is 25.5 Å². The van der Waals surface area contributed by atoms with Crippen LogP contribution < -0.4 is 4.74 Å². The highest BCUT2D eigenvalue weighted by Gasteiger charge is 2.06. The monoisotopic (exact) mass is 260 g/mol. The zero-order valence-corrected chi connectivity index (χ0v) is 11.7. The van der Waals surface area contributed by atoms with Crippen LogP contribution in [0.15, 0.2) is 35.6 Å². The van der Waals surface area contributed by atoms with E-state index in [-0.39, 0.29) is 0 Å². The van der Waals surface area contributed by atoms with Crippen LogP contribution >= 0.6 is 0 Å². The summed E-state index contributed by atoms with van der Waals surface area (Å²) in [5.41, 5.74) is 5.07. The molecule has 0 saturated carbocycles. The molecule has 0 saturated heterocycles. The van der Waals surface area contributed by atoms with Gasteiger partial charge in [-0.25, -0.2) is 4.79 Å². The lowest BCUT2D eigenvalue weighted by Gasteiger charge is -2.03. The normalized spacial score (nSPS) is 9.63. The summed E-state index contributed by atoms with van der Waals surface area (Å²) in [6.45, 7) is 3.90. The minimum absolute atomic E-state index is 0.335. The van der Waals surface area contributed by atoms with Crippen LogP contribution in [0.1, 0.15) is 38.7 Å². The highest BCUT2D eigenvalue weighted by Crippen LogP contribution is 2.20. The smallest absolute Gasteiger partial charge is 0.339 e. The van der Waals surface area contributed by atoms with Gasteiger partial charge in [0.05, 0.1) is 12.7 Å². The summed E-state index contributed by atoms with van der Waals surface area (Å²) >= 11 is 0. The molecule has 0 aliphatic carbocycles. The molecule has 0 heterocycles. The van der Waals surface area contributed by atoms with Crippen molar-refractivity contribution in [2.45, 2.75) is 33.1 Å². The van der Waals surface area contributed by atoms with Gasteiger partial charge in [0.15, 0.2) is 0 Å². The Hall–Kier alpha value is -1.99. The number of methoxy groups -OCH3 is 1. The van der Waals surface area contributed by atoms with Crippen molar-refractivity contribution < 1.29 is 14.6 Å². The number of benzene rings is 1. The lowest BCUT2D eigenvalue weighted by molar-refractivity contribution is -0.132. The van der Waals surface area contributed by atoms with Gasteiger partial charge < -0.3 is 9.84 Å². The predicted molar refractivity (Wildman–Crippen MR) is 76.3 cm³/mol. The highest BCUT2D eigenvalue weighted by molar-refractivity contribution is 5.87. The van der Waals surface area contributed by atoms with Crippen LogP contribution in [0, 0.1) is 0 Å². The maximum absolute atomic E-state index is 11.2. The fraction of sp³-hybridized carbons (Fsp3) is 0.375. The van der Waals surface area contributed by atoms with Gasteiger partial charge in [-0.05, 0) is 43.0 Å². The Labute approximate surface area is 114 Å². The first-order chi connectivity index (χ1) is 9.08. The van der Waals surface area contributed by atoms with Crippen LogP contribution in [-0.4, -0.2) is 18.2 Å². The first-order valence-electron chi connectivity index (χ1n) is 6.42. The second-order valence-corrected chi connectivity index (χ2v) is 4.37. The number of carboxylic acid groups (broad SMARTS) is 1. The molecule has 0 fully saturated rings. The summed E-state index contributed by atoms with van der Waals surface area (Å²) in [7, 11) is 1.61. The van der Waals surface area contributed by atoms with Gasteiger partial charge in [0.25, 0.3) is 0 Å². The summed E-state index contributed by atoms with van der Waals surface area (Å²) < 4.78 is 5.16. The molecule has 0 aromatic heterocycles. The summed E-state index contributed by atoms with van der Waals surface area (Å²) in [6.07, 6.45) is 2.38. The van der Waals surface area contributed by atoms with Crippen LogP contribution in [0.4, 0.5) is 0 Å². The van der Waals surface area contributed by atoms with Crippen molar-refractivity contribution in [2.75, 3.05) is 7.11 Å². The third-order valence-electron chi connectivity index (χ3n) is 2.88. The van der Waals surface area contributed by atoms with E-state index in [2.05, 4.69) is 5.73 Å². The average molecular weight is 260 g/mol. The molecule has 0 radical (unpaired) electrons. The van der Waals surface area contributed by atoms with Crippen LogP contribution in [0.5, 0.6) is 5.75 Å². The van der Waals surface area contributed by atoms with Gasteiger partial charge in [-0.3, -0.25) is 0 Å². The molecule has 0 spiro atoms. The zero-order chi connectivity index (χ0) is 14.3. The minimum Gasteiger partial charge on any atom is -0.497 e. The highest BCUT2D eigenvalue weighted by atomic mass is 16.5. The molecule has 0 aliphatic heterocycles. The molecule has 0 bridgehead atoms. The van der Waals surface area contributed by atoms with E-state index in [0.29, 0.717) is 12.0 Å².